The van der Waals surface area contributed by atoms with Crippen molar-refractivity contribution in [1.82, 2.24) is 69.1 Å². The highest BCUT2D eigenvalue weighted by Gasteiger charge is 2.29. The average Bonchev–Trinajstić information content (AvgIpc) is 0.918. The first-order chi connectivity index (χ1) is 59.6. The van der Waals surface area contributed by atoms with Crippen molar-refractivity contribution in [2.24, 2.45) is 93.8 Å². The van der Waals surface area contributed by atoms with Gasteiger partial charge in [-0.15, -0.1) is 0 Å². The number of nitrogens with one attached hydrogen (secondary N) is 13. The molecule has 55 heteroatoms. The van der Waals surface area contributed by atoms with Crippen molar-refractivity contribution >= 4 is 148 Å². The van der Waals surface area contributed by atoms with Crippen LogP contribution < -0.4 is 138 Å². The van der Waals surface area contributed by atoms with Crippen molar-refractivity contribution in [1.29, 1.82) is 0 Å². The minimum atomic E-state index is -1.08. The molecular weight excluding hydrogens is 1700 g/mol. The summed E-state index contributed by atoms with van der Waals surface area (Å²) >= 11 is 0. The summed E-state index contributed by atoms with van der Waals surface area (Å²) in [6.45, 7) is 13.9. The Morgan fingerprint density at radius 1 is 0.234 bits per heavy atom. The molecule has 0 aliphatic heterocycles. The number of aliphatic carboxylic acids is 5. The molecule has 728 valence electrons. The molecule has 55 nitrogen and oxygen atoms in total. The summed E-state index contributed by atoms with van der Waals surface area (Å²) in [4.78, 5) is 247. The van der Waals surface area contributed by atoms with E-state index in [0.717, 1.165) is 0 Å². The maximum Gasteiger partial charge on any atom is 0.303 e. The van der Waals surface area contributed by atoms with Gasteiger partial charge in [0.2, 0.25) is 88.6 Å². The van der Waals surface area contributed by atoms with Gasteiger partial charge in [-0.3, -0.25) is 121 Å². The number of nitrogens with two attached hydrogens (primary N) is 12. The van der Waals surface area contributed by atoms with E-state index in [9.17, 15) is 95.9 Å². The van der Waals surface area contributed by atoms with Crippen LogP contribution in [-0.2, 0) is 95.9 Å². The van der Waals surface area contributed by atoms with Gasteiger partial charge in [-0.1, -0.05) is 0 Å². The second-order valence-electron chi connectivity index (χ2n) is 28.1. The highest BCUT2D eigenvalue weighted by Crippen LogP contribution is 2.07. The van der Waals surface area contributed by atoms with E-state index >= 15 is 0 Å². The number of nitrogens with zero attached hydrogens (tertiary/aromatic N) is 5. The zero-order valence-electron chi connectivity index (χ0n) is 73.6. The smallest absolute Gasteiger partial charge is 0.303 e. The fourth-order valence-electron chi connectivity index (χ4n) is 9.67. The van der Waals surface area contributed by atoms with Crippen LogP contribution >= 0.6 is 0 Å². The summed E-state index contributed by atoms with van der Waals surface area (Å²) < 4.78 is 0. The summed E-state index contributed by atoms with van der Waals surface area (Å²) in [5.41, 5.74) is 62.4. The fraction of sp³-hybridized carbons (Fsp3) is 0.658. The molecule has 0 saturated heterocycles. The van der Waals surface area contributed by atoms with E-state index in [4.69, 9.17) is 94.3 Å². The molecule has 0 rings (SSSR count). The van der Waals surface area contributed by atoms with Gasteiger partial charge in [0.15, 0.2) is 29.8 Å². The number of hydrogen-bond donors (Lipinski definition) is 30. The molecule has 0 aromatic carbocycles. The normalized spacial score (nSPS) is 12.4. The molecule has 0 unspecified atom stereocenters. The Hall–Kier alpha value is -14.2. The predicted molar refractivity (Wildman–Crippen MR) is 465 cm³/mol. The maximum absolute atomic E-state index is 12.3. The van der Waals surface area contributed by atoms with Crippen LogP contribution in [0.15, 0.2) is 25.0 Å². The van der Waals surface area contributed by atoms with E-state index in [1.165, 1.54) is 55.4 Å². The zero-order valence-corrected chi connectivity index (χ0v) is 73.6. The second-order valence-corrected chi connectivity index (χ2v) is 28.1. The standard InChI is InChI=1S/3C15H28N6O5.2C14H26N6O5/c1-9(13(25)18-7-4-6-12(23)24)20-14(26)11(21-10(2)22)5-3-8-19-15(16)17;2*1-9(13(25)18-7-3-4-8-19-15(16)17)20-14(26)11(21-10(2)22)5-6-12(23)24;2*1-8(19-10(21)5-2-6-11(22)23)13(25)20-9(12(15)24)4-3-7-18-14(16)17/h3*9,11H,3-8H2,1-2H3,(H,18,25)(H,20,26)(H,21,22)(H,23,24)(H4,16,17,19);2*8-9H,2-7H2,1H3,(H2,15,24)(H,19,21)(H,20,25)(H,22,23)(H4,16,17,18)/t3*9-,11-;2*8-,9-/m01010/s1. The Labute approximate surface area is 739 Å². The molecule has 0 aromatic heterocycles. The van der Waals surface area contributed by atoms with Crippen LogP contribution in [0.2, 0.25) is 0 Å². The minimum absolute atomic E-state index is 0.0122. The van der Waals surface area contributed by atoms with Crippen molar-refractivity contribution in [3.8, 4) is 0 Å². The van der Waals surface area contributed by atoms with Crippen LogP contribution in [-0.4, -0.2) is 287 Å². The van der Waals surface area contributed by atoms with Crippen LogP contribution in [0.1, 0.15) is 197 Å². The van der Waals surface area contributed by atoms with Crippen molar-refractivity contribution in [3.63, 3.8) is 0 Å². The van der Waals surface area contributed by atoms with Crippen molar-refractivity contribution in [3.05, 3.63) is 0 Å². The lowest BCUT2D eigenvalue weighted by atomic mass is 10.1. The van der Waals surface area contributed by atoms with Gasteiger partial charge in [0.05, 0.1) is 0 Å². The third-order valence-corrected chi connectivity index (χ3v) is 16.1. The van der Waals surface area contributed by atoms with E-state index in [2.05, 4.69) is 94.1 Å². The van der Waals surface area contributed by atoms with E-state index in [1.54, 1.807) is 0 Å². The van der Waals surface area contributed by atoms with E-state index < -0.39 is 161 Å². The molecule has 0 heterocycles. The Morgan fingerprint density at radius 3 is 0.703 bits per heavy atom. The maximum atomic E-state index is 12.3. The lowest BCUT2D eigenvalue weighted by Crippen LogP contribution is -2.52. The van der Waals surface area contributed by atoms with E-state index in [0.29, 0.717) is 90.5 Å². The highest BCUT2D eigenvalue weighted by molar-refractivity contribution is 5.96. The number of carbonyl (C=O) groups excluding carboxylic acids is 15. The second kappa shape index (κ2) is 73.1. The van der Waals surface area contributed by atoms with Crippen molar-refractivity contribution in [2.45, 2.75) is 257 Å². The summed E-state index contributed by atoms with van der Waals surface area (Å²) in [6.07, 6.45) is 4.42. The van der Waals surface area contributed by atoms with Crippen LogP contribution in [0.5, 0.6) is 0 Å². The molecule has 0 aliphatic carbocycles. The SMILES string of the molecule is CC(=O)N[C@@H](CCC(=O)O)C(=O)N[C@@H](C)C(=O)NCCCCN=C(N)N.CC(=O)N[C@@H](CCCN=C(N)N)C(=O)N[C@@H](C)C(=O)NCCCC(=O)O.CC(=O)N[C@H](CCC(=O)O)C(=O)N[C@H](C)C(=O)NCCCCN=C(N)N.C[C@@H](NC(=O)CCCC(=O)O)C(=O)N[C@H](CCCN=C(N)N)C(N)=O.C[C@H](NC(=O)CCCC(=O)O)C(=O)N[C@@H](CCCN=C(N)N)C(N)=O. The minimum Gasteiger partial charge on any atom is -0.481 e. The Bertz CT molecular complexity index is 3530. The summed E-state index contributed by atoms with van der Waals surface area (Å²) in [7, 11) is 0. The monoisotopic (exact) mass is 1830 g/mol. The van der Waals surface area contributed by atoms with Gasteiger partial charge in [0.1, 0.15) is 60.4 Å². The van der Waals surface area contributed by atoms with E-state index in [-0.39, 0.29) is 151 Å². The van der Waals surface area contributed by atoms with Gasteiger partial charge >= 0.3 is 29.8 Å². The Balaban J connectivity index is -0.000000493. The number of rotatable bonds is 60. The number of amides is 15. The third-order valence-electron chi connectivity index (χ3n) is 16.1. The third kappa shape index (κ3) is 76.6. The molecule has 128 heavy (non-hydrogen) atoms. The van der Waals surface area contributed by atoms with Gasteiger partial charge in [-0.05, 0) is 131 Å². The Kier molecular flexibility index (Phi) is 69.9. The molecule has 0 aliphatic rings. The summed E-state index contributed by atoms with van der Waals surface area (Å²) in [5, 5.41) is 75.3. The first-order valence-corrected chi connectivity index (χ1v) is 40.4. The van der Waals surface area contributed by atoms with Crippen LogP contribution in [0, 0.1) is 0 Å². The number of aliphatic imine (C=N–C) groups is 5. The average molecular weight is 1830 g/mol. The summed E-state index contributed by atoms with van der Waals surface area (Å²) in [5.74, 6) is -13.0. The Morgan fingerprint density at radius 2 is 0.461 bits per heavy atom. The highest BCUT2D eigenvalue weighted by atomic mass is 16.4. The first-order valence-electron chi connectivity index (χ1n) is 40.4. The number of primary amides is 2. The predicted octanol–water partition coefficient (Wildman–Crippen LogP) is -10.4. The number of carboxylic acids is 5. The molecule has 0 fully saturated rings. The summed E-state index contributed by atoms with van der Waals surface area (Å²) in [6, 6.07) is -8.94. The fourth-order valence-corrected chi connectivity index (χ4v) is 9.67. The molecule has 10 atom stereocenters. The largest absolute Gasteiger partial charge is 0.481 e. The lowest BCUT2D eigenvalue weighted by Gasteiger charge is -2.20. The molecular formula is C73H136N30O25. The number of hydrogen-bond acceptors (Lipinski definition) is 25. The molecule has 0 aromatic rings. The number of unbranched alkanes of at least 4 members (excludes halogenated alkanes) is 2. The van der Waals surface area contributed by atoms with E-state index in [1.807, 2.05) is 0 Å². The van der Waals surface area contributed by atoms with Gasteiger partial charge in [0.25, 0.3) is 0 Å². The zero-order chi connectivity index (χ0) is 99.1. The number of carbonyl (C=O) groups is 20. The molecule has 0 radical (unpaired) electrons. The van der Waals surface area contributed by atoms with Crippen LogP contribution in [0.4, 0.5) is 0 Å². The molecule has 15 amide bonds. The van der Waals surface area contributed by atoms with Gasteiger partial charge in [-0.25, -0.2) is 0 Å². The van der Waals surface area contributed by atoms with Crippen molar-refractivity contribution < 1.29 is 121 Å². The first kappa shape index (κ1) is 122. The lowest BCUT2D eigenvalue weighted by molar-refractivity contribution is -0.139. The topological polar surface area (TPSA) is 973 Å². The molecule has 0 spiro atoms. The van der Waals surface area contributed by atoms with Crippen LogP contribution in [0.25, 0.3) is 0 Å². The number of carboxylic acid groups (broad SMARTS) is 5. The van der Waals surface area contributed by atoms with Gasteiger partial charge < -0.3 is 163 Å². The quantitative estimate of drug-likeness (QED) is 0.0153. The van der Waals surface area contributed by atoms with Crippen LogP contribution in [0.3, 0.4) is 0 Å². The molecule has 42 N–H and O–H groups in total. The molecule has 0 bridgehead atoms. The van der Waals surface area contributed by atoms with Gasteiger partial charge in [0, 0.05) is 118 Å². The number of guanidine groups is 5. The van der Waals surface area contributed by atoms with Gasteiger partial charge in [-0.2, -0.15) is 0 Å². The molecule has 0 saturated carbocycles. The van der Waals surface area contributed by atoms with Crippen molar-refractivity contribution in [2.75, 3.05) is 52.4 Å².